The predicted octanol–water partition coefficient (Wildman–Crippen LogP) is 4.43. The van der Waals surface area contributed by atoms with Gasteiger partial charge in [-0.25, -0.2) is 0 Å². The van der Waals surface area contributed by atoms with Gasteiger partial charge in [0.25, 0.3) is 5.91 Å². The van der Waals surface area contributed by atoms with E-state index in [4.69, 9.17) is 4.74 Å². The molecule has 1 aromatic heterocycles. The number of methoxy groups -OCH3 is 1. The smallest absolute Gasteiger partial charge is 0.276 e. The van der Waals surface area contributed by atoms with Crippen molar-refractivity contribution in [3.63, 3.8) is 0 Å². The van der Waals surface area contributed by atoms with Crippen LogP contribution < -0.4 is 15.0 Å². The van der Waals surface area contributed by atoms with Crippen molar-refractivity contribution in [2.45, 2.75) is 12.8 Å². The van der Waals surface area contributed by atoms with Crippen molar-refractivity contribution in [1.82, 2.24) is 4.98 Å². The van der Waals surface area contributed by atoms with Crippen LogP contribution in [0.4, 0.5) is 17.1 Å². The Morgan fingerprint density at radius 1 is 1.07 bits per heavy atom. The van der Waals surface area contributed by atoms with Gasteiger partial charge in [-0.2, -0.15) is 0 Å². The Bertz CT molecular complexity index is 971. The lowest BCUT2D eigenvalue weighted by atomic mass is 10.0. The van der Waals surface area contributed by atoms with Crippen LogP contribution in [0.25, 0.3) is 0 Å². The molecular formula is C22H21N3O2. The number of aromatic nitrogens is 1. The number of nitrogens with one attached hydrogen (secondary N) is 1. The number of amides is 1. The van der Waals surface area contributed by atoms with E-state index in [1.807, 2.05) is 53.4 Å². The second kappa shape index (κ2) is 7.50. The summed E-state index contributed by atoms with van der Waals surface area (Å²) in [5, 5.41) is 3.31. The fraction of sp³-hybridized carbons (Fsp3) is 0.182. The van der Waals surface area contributed by atoms with Gasteiger partial charge in [-0.05, 0) is 48.7 Å². The maximum absolute atomic E-state index is 13.1. The van der Waals surface area contributed by atoms with Crippen molar-refractivity contribution in [2.24, 2.45) is 0 Å². The van der Waals surface area contributed by atoms with Crippen LogP contribution in [0, 0.1) is 0 Å². The molecule has 1 N–H and O–H groups in total. The average molecular weight is 359 g/mol. The minimum atomic E-state index is -0.0727. The molecule has 2 heterocycles. The molecular weight excluding hydrogens is 338 g/mol. The Morgan fingerprint density at radius 2 is 1.93 bits per heavy atom. The highest BCUT2D eigenvalue weighted by Crippen LogP contribution is 2.28. The number of ether oxygens (including phenoxy) is 1. The van der Waals surface area contributed by atoms with Crippen LogP contribution in [-0.4, -0.2) is 24.5 Å². The van der Waals surface area contributed by atoms with Gasteiger partial charge in [0, 0.05) is 35.9 Å². The van der Waals surface area contributed by atoms with Crippen molar-refractivity contribution in [1.29, 1.82) is 0 Å². The number of para-hydroxylation sites is 1. The molecule has 1 amide bonds. The Balaban J connectivity index is 1.58. The Hall–Kier alpha value is -3.34. The van der Waals surface area contributed by atoms with Crippen LogP contribution in [0.1, 0.15) is 22.5 Å². The van der Waals surface area contributed by atoms with E-state index in [2.05, 4.69) is 16.4 Å². The third-order valence-corrected chi connectivity index (χ3v) is 4.69. The molecule has 0 spiro atoms. The molecule has 0 fully saturated rings. The molecule has 0 bridgehead atoms. The number of carbonyl (C=O) groups is 1. The molecule has 0 atom stereocenters. The normalized spacial score (nSPS) is 13.0. The molecule has 0 aliphatic carbocycles. The van der Waals surface area contributed by atoms with E-state index in [9.17, 15) is 4.79 Å². The van der Waals surface area contributed by atoms with E-state index in [0.29, 0.717) is 12.2 Å². The van der Waals surface area contributed by atoms with E-state index in [0.717, 1.165) is 35.7 Å². The number of hydrogen-bond acceptors (Lipinski definition) is 4. The summed E-state index contributed by atoms with van der Waals surface area (Å²) in [5.41, 5.74) is 4.33. The maximum atomic E-state index is 13.1. The number of rotatable bonds is 4. The third-order valence-electron chi connectivity index (χ3n) is 4.69. The summed E-state index contributed by atoms with van der Waals surface area (Å²) in [6.07, 6.45) is 3.63. The monoisotopic (exact) mass is 359 g/mol. The lowest BCUT2D eigenvalue weighted by molar-refractivity contribution is 0.0980. The standard InChI is InChI=1S/C22H21N3O2/c1-27-19-9-4-8-17(14-19)24-18-11-12-23-20(15-18)22(26)25-13-5-7-16-6-2-3-10-21(16)25/h2-4,6,8-12,14-15H,5,7,13H2,1H3,(H,23,24). The van der Waals surface area contributed by atoms with Gasteiger partial charge < -0.3 is 15.0 Å². The van der Waals surface area contributed by atoms with Crippen molar-refractivity contribution in [2.75, 3.05) is 23.9 Å². The van der Waals surface area contributed by atoms with Gasteiger partial charge in [0.05, 0.1) is 7.11 Å². The number of hydrogen-bond donors (Lipinski definition) is 1. The molecule has 0 unspecified atom stereocenters. The highest BCUT2D eigenvalue weighted by atomic mass is 16.5. The molecule has 5 heteroatoms. The number of pyridine rings is 1. The topological polar surface area (TPSA) is 54.5 Å². The largest absolute Gasteiger partial charge is 0.497 e. The maximum Gasteiger partial charge on any atom is 0.276 e. The van der Waals surface area contributed by atoms with E-state index >= 15 is 0 Å². The highest BCUT2D eigenvalue weighted by molar-refractivity contribution is 6.06. The van der Waals surface area contributed by atoms with E-state index in [1.165, 1.54) is 5.56 Å². The SMILES string of the molecule is COc1cccc(Nc2ccnc(C(=O)N3CCCc4ccccc43)c2)c1. The van der Waals surface area contributed by atoms with Crippen LogP contribution in [0.3, 0.4) is 0 Å². The summed E-state index contributed by atoms with van der Waals surface area (Å²) < 4.78 is 5.25. The molecule has 2 aromatic carbocycles. The molecule has 136 valence electrons. The minimum Gasteiger partial charge on any atom is -0.497 e. The molecule has 1 aliphatic heterocycles. The van der Waals surface area contributed by atoms with Crippen LogP contribution in [0.5, 0.6) is 5.75 Å². The number of fused-ring (bicyclic) bond motifs is 1. The van der Waals surface area contributed by atoms with Crippen LogP contribution in [-0.2, 0) is 6.42 Å². The molecule has 27 heavy (non-hydrogen) atoms. The number of aryl methyl sites for hydroxylation is 1. The number of nitrogens with zero attached hydrogens (tertiary/aromatic N) is 2. The molecule has 4 rings (SSSR count). The Morgan fingerprint density at radius 3 is 2.81 bits per heavy atom. The Kier molecular flexibility index (Phi) is 4.75. The summed E-state index contributed by atoms with van der Waals surface area (Å²) in [5.74, 6) is 0.701. The number of carbonyl (C=O) groups excluding carboxylic acids is 1. The lowest BCUT2D eigenvalue weighted by Crippen LogP contribution is -2.35. The first-order valence-electron chi connectivity index (χ1n) is 9.01. The zero-order chi connectivity index (χ0) is 18.6. The molecule has 3 aromatic rings. The molecule has 1 aliphatic rings. The first kappa shape index (κ1) is 17.1. The van der Waals surface area contributed by atoms with Gasteiger partial charge in [0.1, 0.15) is 11.4 Å². The van der Waals surface area contributed by atoms with E-state index < -0.39 is 0 Å². The summed E-state index contributed by atoms with van der Waals surface area (Å²) in [6.45, 7) is 0.713. The van der Waals surface area contributed by atoms with Gasteiger partial charge in [-0.3, -0.25) is 9.78 Å². The van der Waals surface area contributed by atoms with Crippen LogP contribution >= 0.6 is 0 Å². The zero-order valence-electron chi connectivity index (χ0n) is 15.2. The van der Waals surface area contributed by atoms with E-state index in [-0.39, 0.29) is 5.91 Å². The highest BCUT2D eigenvalue weighted by Gasteiger charge is 2.24. The first-order valence-corrected chi connectivity index (χ1v) is 9.01. The number of anilines is 3. The molecule has 0 saturated heterocycles. The van der Waals surface area contributed by atoms with Gasteiger partial charge in [0.2, 0.25) is 0 Å². The second-order valence-corrected chi connectivity index (χ2v) is 6.48. The fourth-order valence-electron chi connectivity index (χ4n) is 3.38. The van der Waals surface area contributed by atoms with Gasteiger partial charge in [-0.1, -0.05) is 24.3 Å². The first-order chi connectivity index (χ1) is 13.2. The number of benzene rings is 2. The Labute approximate surface area is 158 Å². The quantitative estimate of drug-likeness (QED) is 0.749. The molecule has 0 saturated carbocycles. The van der Waals surface area contributed by atoms with Crippen LogP contribution in [0.15, 0.2) is 66.9 Å². The third kappa shape index (κ3) is 3.62. The molecule has 5 nitrogen and oxygen atoms in total. The summed E-state index contributed by atoms with van der Waals surface area (Å²) >= 11 is 0. The van der Waals surface area contributed by atoms with Crippen molar-refractivity contribution >= 4 is 23.0 Å². The van der Waals surface area contributed by atoms with Crippen molar-refractivity contribution in [3.05, 3.63) is 78.1 Å². The summed E-state index contributed by atoms with van der Waals surface area (Å²) in [6, 6.07) is 19.4. The second-order valence-electron chi connectivity index (χ2n) is 6.48. The van der Waals surface area contributed by atoms with Gasteiger partial charge >= 0.3 is 0 Å². The van der Waals surface area contributed by atoms with Crippen molar-refractivity contribution in [3.8, 4) is 5.75 Å². The van der Waals surface area contributed by atoms with Gasteiger partial charge in [-0.15, -0.1) is 0 Å². The molecule has 0 radical (unpaired) electrons. The summed E-state index contributed by atoms with van der Waals surface area (Å²) in [7, 11) is 1.64. The van der Waals surface area contributed by atoms with Crippen LogP contribution in [0.2, 0.25) is 0 Å². The predicted molar refractivity (Wildman–Crippen MR) is 107 cm³/mol. The summed E-state index contributed by atoms with van der Waals surface area (Å²) in [4.78, 5) is 19.2. The zero-order valence-corrected chi connectivity index (χ0v) is 15.2. The average Bonchev–Trinajstić information content (AvgIpc) is 2.73. The van der Waals surface area contributed by atoms with Crippen molar-refractivity contribution < 1.29 is 9.53 Å². The minimum absolute atomic E-state index is 0.0727. The fourth-order valence-corrected chi connectivity index (χ4v) is 3.38. The van der Waals surface area contributed by atoms with E-state index in [1.54, 1.807) is 19.4 Å². The van der Waals surface area contributed by atoms with Gasteiger partial charge in [0.15, 0.2) is 0 Å². The lowest BCUT2D eigenvalue weighted by Gasteiger charge is -2.29.